The molecule has 1 aliphatic heterocycles. The van der Waals surface area contributed by atoms with Gasteiger partial charge in [0.15, 0.2) is 5.96 Å². The van der Waals surface area contributed by atoms with Crippen LogP contribution in [0.2, 0.25) is 0 Å². The number of nitrogens with one attached hydrogen (secondary N) is 2. The van der Waals surface area contributed by atoms with E-state index >= 15 is 0 Å². The Bertz CT molecular complexity index is 716. The summed E-state index contributed by atoms with van der Waals surface area (Å²) in [6.45, 7) is 2.77. The van der Waals surface area contributed by atoms with Gasteiger partial charge in [0.1, 0.15) is 11.6 Å². The van der Waals surface area contributed by atoms with E-state index in [1.54, 1.807) is 25.4 Å². The quantitative estimate of drug-likeness (QED) is 0.372. The number of aliphatic imine (C=N–C) groups is 1. The lowest BCUT2D eigenvalue weighted by molar-refractivity contribution is 0.0513. The molecular weight excluding hydrogens is 460 g/mol. The molecule has 0 saturated carbocycles. The van der Waals surface area contributed by atoms with Gasteiger partial charge in [-0.25, -0.2) is 4.39 Å². The highest BCUT2D eigenvalue weighted by molar-refractivity contribution is 14.0. The molecule has 0 aliphatic carbocycles. The second-order valence-electron chi connectivity index (χ2n) is 6.58. The molecule has 2 heterocycles. The van der Waals surface area contributed by atoms with Crippen LogP contribution in [0.25, 0.3) is 0 Å². The molecule has 148 valence electrons. The SMILES string of the molecule is CN=C(NCCc1ccco1)NCC1(c2cccc(F)c2)CCOCC1.I. The molecule has 5 nitrogen and oxygen atoms in total. The number of ether oxygens (including phenoxy) is 1. The molecule has 0 bridgehead atoms. The maximum atomic E-state index is 13.8. The highest BCUT2D eigenvalue weighted by atomic mass is 127. The van der Waals surface area contributed by atoms with Crippen LogP contribution in [0.4, 0.5) is 4.39 Å². The standard InChI is InChI=1S/C20H26FN3O2.HI/c1-22-19(23-10-7-18-6-3-11-26-18)24-15-20(8-12-25-13-9-20)16-4-2-5-17(21)14-16;/h2-6,11,14H,7-10,12-13,15H2,1H3,(H2,22,23,24);1H. The van der Waals surface area contributed by atoms with Gasteiger partial charge in [0.05, 0.1) is 6.26 Å². The van der Waals surface area contributed by atoms with Crippen molar-refractivity contribution in [3.63, 3.8) is 0 Å². The zero-order valence-corrected chi connectivity index (χ0v) is 17.9. The van der Waals surface area contributed by atoms with Gasteiger partial charge in [-0.05, 0) is 42.7 Å². The second-order valence-corrected chi connectivity index (χ2v) is 6.58. The zero-order valence-electron chi connectivity index (χ0n) is 15.5. The molecule has 7 heteroatoms. The van der Waals surface area contributed by atoms with Gasteiger partial charge in [-0.1, -0.05) is 12.1 Å². The Morgan fingerprint density at radius 3 is 2.67 bits per heavy atom. The summed E-state index contributed by atoms with van der Waals surface area (Å²) in [5.41, 5.74) is 0.859. The van der Waals surface area contributed by atoms with Crippen LogP contribution in [0, 0.1) is 5.82 Å². The molecule has 2 aromatic rings. The van der Waals surface area contributed by atoms with E-state index in [9.17, 15) is 4.39 Å². The molecule has 0 unspecified atom stereocenters. The number of guanidine groups is 1. The second kappa shape index (κ2) is 10.7. The topological polar surface area (TPSA) is 58.8 Å². The Labute approximate surface area is 176 Å². The van der Waals surface area contributed by atoms with E-state index < -0.39 is 0 Å². The fraction of sp³-hybridized carbons (Fsp3) is 0.450. The van der Waals surface area contributed by atoms with Crippen LogP contribution >= 0.6 is 24.0 Å². The minimum Gasteiger partial charge on any atom is -0.469 e. The zero-order chi connectivity index (χ0) is 18.2. The van der Waals surface area contributed by atoms with Crippen LogP contribution in [0.1, 0.15) is 24.2 Å². The number of nitrogens with zero attached hydrogens (tertiary/aromatic N) is 1. The van der Waals surface area contributed by atoms with Crippen LogP contribution in [-0.4, -0.2) is 39.3 Å². The predicted molar refractivity (Wildman–Crippen MR) is 115 cm³/mol. The maximum absolute atomic E-state index is 13.8. The molecular formula is C20H27FIN3O2. The third-order valence-corrected chi connectivity index (χ3v) is 4.95. The Hall–Kier alpha value is -1.61. The Morgan fingerprint density at radius 2 is 2.00 bits per heavy atom. The Kier molecular flexibility index (Phi) is 8.56. The first-order chi connectivity index (χ1) is 12.7. The van der Waals surface area contributed by atoms with Crippen molar-refractivity contribution in [2.24, 2.45) is 4.99 Å². The minimum absolute atomic E-state index is 0. The van der Waals surface area contributed by atoms with E-state index in [2.05, 4.69) is 15.6 Å². The number of hydrogen-bond acceptors (Lipinski definition) is 3. The van der Waals surface area contributed by atoms with E-state index in [-0.39, 0.29) is 35.2 Å². The summed E-state index contributed by atoms with van der Waals surface area (Å²) >= 11 is 0. The van der Waals surface area contributed by atoms with Crippen molar-refractivity contribution in [1.29, 1.82) is 0 Å². The van der Waals surface area contributed by atoms with Gasteiger partial charge >= 0.3 is 0 Å². The first-order valence-corrected chi connectivity index (χ1v) is 9.03. The molecule has 0 radical (unpaired) electrons. The van der Waals surface area contributed by atoms with Gasteiger partial charge in [0.2, 0.25) is 0 Å². The largest absolute Gasteiger partial charge is 0.469 e. The number of hydrogen-bond donors (Lipinski definition) is 2. The average molecular weight is 487 g/mol. The van der Waals surface area contributed by atoms with Crippen LogP contribution in [-0.2, 0) is 16.6 Å². The fourth-order valence-corrected chi connectivity index (χ4v) is 3.38. The lowest BCUT2D eigenvalue weighted by Crippen LogP contribution is -2.48. The third-order valence-electron chi connectivity index (χ3n) is 4.95. The first kappa shape index (κ1) is 21.7. The third kappa shape index (κ3) is 5.93. The number of rotatable bonds is 6. The number of benzene rings is 1. The van der Waals surface area contributed by atoms with Crippen LogP contribution in [0.5, 0.6) is 0 Å². The molecule has 1 aromatic heterocycles. The monoisotopic (exact) mass is 487 g/mol. The highest BCUT2D eigenvalue weighted by Gasteiger charge is 2.34. The average Bonchev–Trinajstić information content (AvgIpc) is 3.19. The first-order valence-electron chi connectivity index (χ1n) is 9.03. The summed E-state index contributed by atoms with van der Waals surface area (Å²) < 4.78 is 24.6. The summed E-state index contributed by atoms with van der Waals surface area (Å²) in [6, 6.07) is 10.7. The number of furan rings is 1. The van der Waals surface area contributed by atoms with Crippen molar-refractivity contribution in [2.75, 3.05) is 33.4 Å². The van der Waals surface area contributed by atoms with E-state index in [1.807, 2.05) is 18.2 Å². The lowest BCUT2D eigenvalue weighted by atomic mass is 9.74. The normalized spacial score (nSPS) is 16.4. The van der Waals surface area contributed by atoms with E-state index in [0.717, 1.165) is 43.1 Å². The minimum atomic E-state index is -0.200. The Balaban J connectivity index is 0.00000261. The fourth-order valence-electron chi connectivity index (χ4n) is 3.38. The van der Waals surface area contributed by atoms with E-state index in [4.69, 9.17) is 9.15 Å². The van der Waals surface area contributed by atoms with Gasteiger partial charge in [0, 0.05) is 45.2 Å². The Morgan fingerprint density at radius 1 is 1.19 bits per heavy atom. The maximum Gasteiger partial charge on any atom is 0.191 e. The van der Waals surface area contributed by atoms with Crippen LogP contribution in [0.15, 0.2) is 52.1 Å². The van der Waals surface area contributed by atoms with E-state index in [0.29, 0.717) is 19.8 Å². The van der Waals surface area contributed by atoms with Gasteiger partial charge in [-0.15, -0.1) is 24.0 Å². The molecule has 1 saturated heterocycles. The molecule has 1 aromatic carbocycles. The highest BCUT2D eigenvalue weighted by Crippen LogP contribution is 2.34. The van der Waals surface area contributed by atoms with Crippen molar-refractivity contribution >= 4 is 29.9 Å². The van der Waals surface area contributed by atoms with Crippen molar-refractivity contribution in [1.82, 2.24) is 10.6 Å². The molecule has 0 atom stereocenters. The summed E-state index contributed by atoms with van der Waals surface area (Å²) in [7, 11) is 1.75. The van der Waals surface area contributed by atoms with Gasteiger partial charge in [-0.3, -0.25) is 4.99 Å². The summed E-state index contributed by atoms with van der Waals surface area (Å²) in [5, 5.41) is 6.71. The molecule has 27 heavy (non-hydrogen) atoms. The molecule has 0 amide bonds. The molecule has 1 fully saturated rings. The summed E-state index contributed by atoms with van der Waals surface area (Å²) in [5.74, 6) is 1.47. The smallest absolute Gasteiger partial charge is 0.191 e. The molecule has 3 rings (SSSR count). The van der Waals surface area contributed by atoms with Crippen molar-refractivity contribution in [3.05, 3.63) is 59.8 Å². The molecule has 0 spiro atoms. The van der Waals surface area contributed by atoms with Gasteiger partial charge in [-0.2, -0.15) is 0 Å². The lowest BCUT2D eigenvalue weighted by Gasteiger charge is -2.38. The van der Waals surface area contributed by atoms with Crippen molar-refractivity contribution < 1.29 is 13.5 Å². The summed E-state index contributed by atoms with van der Waals surface area (Å²) in [4.78, 5) is 4.29. The van der Waals surface area contributed by atoms with Gasteiger partial charge in [0.25, 0.3) is 0 Å². The van der Waals surface area contributed by atoms with Crippen molar-refractivity contribution in [2.45, 2.75) is 24.7 Å². The predicted octanol–water partition coefficient (Wildman–Crippen LogP) is 3.49. The van der Waals surface area contributed by atoms with Gasteiger partial charge < -0.3 is 19.8 Å². The van der Waals surface area contributed by atoms with Crippen LogP contribution < -0.4 is 10.6 Å². The molecule has 2 N–H and O–H groups in total. The van der Waals surface area contributed by atoms with Crippen molar-refractivity contribution in [3.8, 4) is 0 Å². The van der Waals surface area contributed by atoms with E-state index in [1.165, 1.54) is 6.07 Å². The number of halogens is 2. The summed E-state index contributed by atoms with van der Waals surface area (Å²) in [6.07, 6.45) is 4.17. The molecule has 1 aliphatic rings. The van der Waals surface area contributed by atoms with Crippen LogP contribution in [0.3, 0.4) is 0 Å².